The van der Waals surface area contributed by atoms with Gasteiger partial charge in [-0.15, -0.1) is 0 Å². The Hall–Kier alpha value is -2.26. The number of aromatic nitrogens is 1. The second kappa shape index (κ2) is 7.96. The molecule has 4 amide bonds. The molecule has 1 aliphatic heterocycles. The first-order valence-electron chi connectivity index (χ1n) is 7.78. The van der Waals surface area contributed by atoms with E-state index in [1.54, 1.807) is 36.5 Å². The van der Waals surface area contributed by atoms with Crippen LogP contribution in [0.2, 0.25) is 0 Å². The lowest BCUT2D eigenvalue weighted by Crippen LogP contribution is -2.35. The van der Waals surface area contributed by atoms with Crippen LogP contribution in [0.5, 0.6) is 0 Å². The number of carbonyl (C=O) groups is 3. The van der Waals surface area contributed by atoms with Gasteiger partial charge in [0.15, 0.2) is 0 Å². The highest BCUT2D eigenvalue weighted by atomic mass is 79.9. The summed E-state index contributed by atoms with van der Waals surface area (Å²) in [6, 6.07) is 8.04. The van der Waals surface area contributed by atoms with E-state index in [0.717, 1.165) is 8.95 Å². The van der Waals surface area contributed by atoms with Crippen LogP contribution < -0.4 is 10.6 Å². The maximum absolute atomic E-state index is 12.3. The molecule has 1 aliphatic rings. The summed E-state index contributed by atoms with van der Waals surface area (Å²) in [5.74, 6) is -0.197. The smallest absolute Gasteiger partial charge is 0.320 e. The number of imide groups is 1. The lowest BCUT2D eigenvalue weighted by molar-refractivity contribution is 0.0653. The number of amides is 4. The standard InChI is InChI=1S/C17H14Br2N4O3/c18-10-2-3-12-13(8-10)16(25)23(15(12)24)7-1-5-21-17(26)22-14-9-11(19)4-6-20-14/h2-4,6,8-9H,1,5,7H2,(H2,20,21,22,26). The molecule has 0 fully saturated rings. The van der Waals surface area contributed by atoms with Crippen LogP contribution in [0.25, 0.3) is 0 Å². The Morgan fingerprint density at radius 1 is 1.04 bits per heavy atom. The summed E-state index contributed by atoms with van der Waals surface area (Å²) in [5, 5.41) is 5.28. The molecule has 26 heavy (non-hydrogen) atoms. The highest BCUT2D eigenvalue weighted by Crippen LogP contribution is 2.26. The molecule has 134 valence electrons. The largest absolute Gasteiger partial charge is 0.338 e. The summed E-state index contributed by atoms with van der Waals surface area (Å²) in [7, 11) is 0. The summed E-state index contributed by atoms with van der Waals surface area (Å²) in [6.45, 7) is 0.552. The van der Waals surface area contributed by atoms with Crippen LogP contribution in [0.4, 0.5) is 10.6 Å². The summed E-state index contributed by atoms with van der Waals surface area (Å²) >= 11 is 6.60. The molecular weight excluding hydrogens is 468 g/mol. The van der Waals surface area contributed by atoms with Crippen molar-refractivity contribution in [2.24, 2.45) is 0 Å². The molecule has 2 N–H and O–H groups in total. The molecule has 2 heterocycles. The number of fused-ring (bicyclic) bond motifs is 1. The van der Waals surface area contributed by atoms with Crippen LogP contribution in [0.3, 0.4) is 0 Å². The number of urea groups is 1. The van der Waals surface area contributed by atoms with E-state index in [1.807, 2.05) is 0 Å². The lowest BCUT2D eigenvalue weighted by atomic mass is 10.1. The highest BCUT2D eigenvalue weighted by Gasteiger charge is 2.34. The molecule has 0 bridgehead atoms. The van der Waals surface area contributed by atoms with E-state index in [4.69, 9.17) is 0 Å². The number of nitrogens with zero attached hydrogens (tertiary/aromatic N) is 2. The first-order valence-corrected chi connectivity index (χ1v) is 9.36. The third kappa shape index (κ3) is 4.10. The number of rotatable bonds is 5. The first kappa shape index (κ1) is 18.5. The van der Waals surface area contributed by atoms with Gasteiger partial charge in [0.05, 0.1) is 11.1 Å². The van der Waals surface area contributed by atoms with E-state index in [-0.39, 0.29) is 18.4 Å². The predicted octanol–water partition coefficient (Wildman–Crippen LogP) is 3.41. The number of halogens is 2. The Labute approximate surface area is 166 Å². The summed E-state index contributed by atoms with van der Waals surface area (Å²) in [4.78, 5) is 41.7. The van der Waals surface area contributed by atoms with Crippen molar-refractivity contribution in [1.29, 1.82) is 0 Å². The van der Waals surface area contributed by atoms with E-state index < -0.39 is 6.03 Å². The minimum atomic E-state index is -0.401. The average molecular weight is 482 g/mol. The maximum Gasteiger partial charge on any atom is 0.320 e. The molecule has 0 radical (unpaired) electrons. The number of hydrogen-bond acceptors (Lipinski definition) is 4. The zero-order chi connectivity index (χ0) is 18.7. The minimum Gasteiger partial charge on any atom is -0.338 e. The van der Waals surface area contributed by atoms with Crippen molar-refractivity contribution >= 4 is 55.5 Å². The van der Waals surface area contributed by atoms with Crippen LogP contribution in [-0.4, -0.2) is 40.8 Å². The third-order valence-corrected chi connectivity index (χ3v) is 4.73. The second-order valence-electron chi connectivity index (χ2n) is 5.55. The predicted molar refractivity (Wildman–Crippen MR) is 103 cm³/mol. The second-order valence-corrected chi connectivity index (χ2v) is 7.38. The van der Waals surface area contributed by atoms with Gasteiger partial charge in [-0.05, 0) is 36.8 Å². The Bertz CT molecular complexity index is 888. The van der Waals surface area contributed by atoms with Gasteiger partial charge >= 0.3 is 6.03 Å². The summed E-state index contributed by atoms with van der Waals surface area (Å²) < 4.78 is 1.55. The van der Waals surface area contributed by atoms with Crippen molar-refractivity contribution in [3.63, 3.8) is 0 Å². The average Bonchev–Trinajstić information content (AvgIpc) is 2.82. The Morgan fingerprint density at radius 2 is 1.77 bits per heavy atom. The molecule has 1 aromatic heterocycles. The minimum absolute atomic E-state index is 0.235. The van der Waals surface area contributed by atoms with Crippen LogP contribution in [0.15, 0.2) is 45.5 Å². The van der Waals surface area contributed by atoms with Gasteiger partial charge in [0.25, 0.3) is 11.8 Å². The molecule has 0 spiro atoms. The Balaban J connectivity index is 1.48. The fraction of sp³-hybridized carbons (Fsp3) is 0.176. The van der Waals surface area contributed by atoms with Crippen LogP contribution in [0.1, 0.15) is 27.1 Å². The molecule has 7 nitrogen and oxygen atoms in total. The number of anilines is 1. The van der Waals surface area contributed by atoms with Gasteiger partial charge in [-0.25, -0.2) is 9.78 Å². The molecule has 0 atom stereocenters. The van der Waals surface area contributed by atoms with E-state index in [1.165, 1.54) is 4.90 Å². The lowest BCUT2D eigenvalue weighted by Gasteiger charge is -2.14. The van der Waals surface area contributed by atoms with Gasteiger partial charge in [0.1, 0.15) is 5.82 Å². The molecule has 9 heteroatoms. The molecule has 3 rings (SSSR count). The van der Waals surface area contributed by atoms with Gasteiger partial charge in [-0.3, -0.25) is 19.8 Å². The third-order valence-electron chi connectivity index (χ3n) is 3.74. The number of carbonyl (C=O) groups excluding carboxylic acids is 3. The number of hydrogen-bond donors (Lipinski definition) is 2. The number of nitrogens with one attached hydrogen (secondary N) is 2. The maximum atomic E-state index is 12.3. The fourth-order valence-electron chi connectivity index (χ4n) is 2.54. The zero-order valence-electron chi connectivity index (χ0n) is 13.5. The fourth-order valence-corrected chi connectivity index (χ4v) is 3.23. The molecule has 0 unspecified atom stereocenters. The quantitative estimate of drug-likeness (QED) is 0.505. The van der Waals surface area contributed by atoms with Crippen LogP contribution >= 0.6 is 31.9 Å². The first-order chi connectivity index (χ1) is 12.5. The highest BCUT2D eigenvalue weighted by molar-refractivity contribution is 9.10. The normalized spacial score (nSPS) is 12.9. The molecule has 1 aromatic carbocycles. The van der Waals surface area contributed by atoms with Crippen molar-refractivity contribution < 1.29 is 14.4 Å². The van der Waals surface area contributed by atoms with Gasteiger partial charge in [0, 0.05) is 28.2 Å². The van der Waals surface area contributed by atoms with Crippen LogP contribution in [0, 0.1) is 0 Å². The summed E-state index contributed by atoms with van der Waals surface area (Å²) in [6.07, 6.45) is 2.02. The number of benzene rings is 1. The SMILES string of the molecule is O=C(NCCCN1C(=O)c2ccc(Br)cc2C1=O)Nc1cc(Br)ccn1. The molecule has 0 saturated carbocycles. The van der Waals surface area contributed by atoms with Crippen molar-refractivity contribution in [3.05, 3.63) is 56.6 Å². The van der Waals surface area contributed by atoms with Gasteiger partial charge in [0.2, 0.25) is 0 Å². The van der Waals surface area contributed by atoms with Gasteiger partial charge in [-0.2, -0.15) is 0 Å². The van der Waals surface area contributed by atoms with Gasteiger partial charge in [-0.1, -0.05) is 31.9 Å². The number of pyridine rings is 1. The van der Waals surface area contributed by atoms with Crippen molar-refractivity contribution in [3.8, 4) is 0 Å². The Morgan fingerprint density at radius 3 is 2.54 bits per heavy atom. The molecular formula is C17H14Br2N4O3. The van der Waals surface area contributed by atoms with Crippen molar-refractivity contribution in [2.45, 2.75) is 6.42 Å². The molecule has 2 aromatic rings. The molecule has 0 aliphatic carbocycles. The summed E-state index contributed by atoms with van der Waals surface area (Å²) in [5.41, 5.74) is 0.806. The van der Waals surface area contributed by atoms with E-state index in [9.17, 15) is 14.4 Å². The topological polar surface area (TPSA) is 91.4 Å². The van der Waals surface area contributed by atoms with Gasteiger partial charge < -0.3 is 5.32 Å². The van der Waals surface area contributed by atoms with Crippen molar-refractivity contribution in [2.75, 3.05) is 18.4 Å². The van der Waals surface area contributed by atoms with E-state index >= 15 is 0 Å². The monoisotopic (exact) mass is 480 g/mol. The van der Waals surface area contributed by atoms with E-state index in [0.29, 0.717) is 29.9 Å². The van der Waals surface area contributed by atoms with Crippen LogP contribution in [-0.2, 0) is 0 Å². The zero-order valence-corrected chi connectivity index (χ0v) is 16.6. The van der Waals surface area contributed by atoms with E-state index in [2.05, 4.69) is 47.5 Å². The Kier molecular flexibility index (Phi) is 5.67. The van der Waals surface area contributed by atoms with Crippen molar-refractivity contribution in [1.82, 2.24) is 15.2 Å². The molecule has 0 saturated heterocycles.